The standard InChI is InChI=1S/C20H23N3O3S/c1-22(15-10-6-3-7-11-15)16-17(21-20-23(18(16)24)12-13-27-20)26-19(25)14-8-4-2-5-9-14/h2,4-5,8-9,15H,3,6-7,10-13H2,1H3. The van der Waals surface area contributed by atoms with Crippen LogP contribution in [0.5, 0.6) is 5.88 Å². The average Bonchev–Trinajstić information content (AvgIpc) is 3.18. The van der Waals surface area contributed by atoms with Crippen LogP contribution in [0.4, 0.5) is 5.69 Å². The lowest BCUT2D eigenvalue weighted by Gasteiger charge is -2.33. The molecule has 7 heteroatoms. The Bertz CT molecular complexity index is 891. The van der Waals surface area contributed by atoms with E-state index in [4.69, 9.17) is 4.74 Å². The minimum atomic E-state index is -0.492. The third-order valence-electron chi connectivity index (χ3n) is 5.30. The Balaban J connectivity index is 1.72. The number of aromatic nitrogens is 2. The molecule has 0 unspecified atom stereocenters. The van der Waals surface area contributed by atoms with E-state index in [0.29, 0.717) is 23.0 Å². The molecule has 6 nitrogen and oxygen atoms in total. The first-order chi connectivity index (χ1) is 13.1. The summed E-state index contributed by atoms with van der Waals surface area (Å²) >= 11 is 1.52. The lowest BCUT2D eigenvalue weighted by molar-refractivity contribution is 0.0726. The molecular formula is C20H23N3O3S. The molecule has 0 N–H and O–H groups in total. The highest BCUT2D eigenvalue weighted by Gasteiger charge is 2.29. The van der Waals surface area contributed by atoms with E-state index in [-0.39, 0.29) is 17.5 Å². The van der Waals surface area contributed by atoms with Gasteiger partial charge in [-0.15, -0.1) is 0 Å². The Morgan fingerprint density at radius 3 is 2.70 bits per heavy atom. The molecule has 1 aromatic heterocycles. The van der Waals surface area contributed by atoms with Crippen molar-refractivity contribution in [3.63, 3.8) is 0 Å². The molecule has 1 saturated carbocycles. The lowest BCUT2D eigenvalue weighted by Crippen LogP contribution is -2.39. The van der Waals surface area contributed by atoms with Gasteiger partial charge in [-0.2, -0.15) is 4.98 Å². The second-order valence-corrected chi connectivity index (χ2v) is 8.07. The number of nitrogens with zero attached hydrogens (tertiary/aromatic N) is 3. The fraction of sp³-hybridized carbons (Fsp3) is 0.450. The fourth-order valence-electron chi connectivity index (χ4n) is 3.79. The molecule has 0 spiro atoms. The highest BCUT2D eigenvalue weighted by molar-refractivity contribution is 7.99. The Morgan fingerprint density at radius 2 is 1.96 bits per heavy atom. The van der Waals surface area contributed by atoms with Crippen LogP contribution in [0, 0.1) is 0 Å². The van der Waals surface area contributed by atoms with Crippen molar-refractivity contribution < 1.29 is 9.53 Å². The quantitative estimate of drug-likeness (QED) is 0.594. The van der Waals surface area contributed by atoms with Crippen molar-refractivity contribution in [3.05, 3.63) is 46.2 Å². The summed E-state index contributed by atoms with van der Waals surface area (Å²) in [5.74, 6) is 0.446. The van der Waals surface area contributed by atoms with Gasteiger partial charge in [0, 0.05) is 25.4 Å². The minimum Gasteiger partial charge on any atom is -0.401 e. The normalized spacial score (nSPS) is 16.8. The number of thioether (sulfide) groups is 1. The predicted octanol–water partition coefficient (Wildman–Crippen LogP) is 3.34. The number of hydrogen-bond acceptors (Lipinski definition) is 6. The smallest absolute Gasteiger partial charge is 0.344 e. The molecule has 0 saturated heterocycles. The van der Waals surface area contributed by atoms with Crippen LogP contribution in [0.3, 0.4) is 0 Å². The van der Waals surface area contributed by atoms with Crippen molar-refractivity contribution in [1.82, 2.24) is 9.55 Å². The zero-order valence-electron chi connectivity index (χ0n) is 15.4. The summed E-state index contributed by atoms with van der Waals surface area (Å²) in [6.07, 6.45) is 5.63. The first-order valence-corrected chi connectivity index (χ1v) is 10.4. The monoisotopic (exact) mass is 385 g/mol. The summed E-state index contributed by atoms with van der Waals surface area (Å²) in [5, 5.41) is 0.622. The maximum atomic E-state index is 13.2. The maximum absolute atomic E-state index is 13.2. The van der Waals surface area contributed by atoms with Gasteiger partial charge in [-0.25, -0.2) is 4.79 Å². The van der Waals surface area contributed by atoms with E-state index in [1.54, 1.807) is 28.8 Å². The van der Waals surface area contributed by atoms with Crippen LogP contribution in [-0.4, -0.2) is 34.4 Å². The number of ether oxygens (including phenoxy) is 1. The fourth-order valence-corrected chi connectivity index (χ4v) is 4.72. The van der Waals surface area contributed by atoms with Gasteiger partial charge in [-0.05, 0) is 25.0 Å². The molecule has 2 aromatic rings. The zero-order chi connectivity index (χ0) is 18.8. The lowest BCUT2D eigenvalue weighted by atomic mass is 9.94. The molecule has 2 heterocycles. The Labute approximate surface area is 162 Å². The van der Waals surface area contributed by atoms with E-state index in [2.05, 4.69) is 4.98 Å². The first kappa shape index (κ1) is 18.1. The molecule has 1 aromatic carbocycles. The van der Waals surface area contributed by atoms with E-state index >= 15 is 0 Å². The van der Waals surface area contributed by atoms with Crippen molar-refractivity contribution in [2.75, 3.05) is 17.7 Å². The van der Waals surface area contributed by atoms with Crippen LogP contribution >= 0.6 is 11.8 Å². The summed E-state index contributed by atoms with van der Waals surface area (Å²) in [6.45, 7) is 0.643. The number of fused-ring (bicyclic) bond motifs is 1. The van der Waals surface area contributed by atoms with Gasteiger partial charge in [0.1, 0.15) is 0 Å². The Morgan fingerprint density at radius 1 is 1.22 bits per heavy atom. The van der Waals surface area contributed by atoms with Crippen LogP contribution in [0.1, 0.15) is 42.5 Å². The number of esters is 1. The van der Waals surface area contributed by atoms with E-state index in [9.17, 15) is 9.59 Å². The number of anilines is 1. The second kappa shape index (κ2) is 7.76. The molecule has 0 radical (unpaired) electrons. The summed E-state index contributed by atoms with van der Waals surface area (Å²) in [5.41, 5.74) is 0.727. The highest BCUT2D eigenvalue weighted by Crippen LogP contribution is 2.33. The largest absolute Gasteiger partial charge is 0.401 e. The molecule has 0 bridgehead atoms. The van der Waals surface area contributed by atoms with E-state index in [1.165, 1.54) is 18.2 Å². The molecule has 1 aliphatic carbocycles. The van der Waals surface area contributed by atoms with Gasteiger partial charge in [0.2, 0.25) is 0 Å². The van der Waals surface area contributed by atoms with Crippen LogP contribution in [0.25, 0.3) is 0 Å². The highest BCUT2D eigenvalue weighted by atomic mass is 32.2. The van der Waals surface area contributed by atoms with Gasteiger partial charge >= 0.3 is 5.97 Å². The zero-order valence-corrected chi connectivity index (χ0v) is 16.2. The molecule has 0 atom stereocenters. The van der Waals surface area contributed by atoms with Gasteiger partial charge < -0.3 is 9.64 Å². The number of carbonyl (C=O) groups is 1. The molecule has 27 heavy (non-hydrogen) atoms. The van der Waals surface area contributed by atoms with Crippen molar-refractivity contribution in [2.45, 2.75) is 49.8 Å². The van der Waals surface area contributed by atoms with Crippen molar-refractivity contribution >= 4 is 23.4 Å². The van der Waals surface area contributed by atoms with Gasteiger partial charge in [-0.3, -0.25) is 9.36 Å². The number of carbonyl (C=O) groups excluding carboxylic acids is 1. The van der Waals surface area contributed by atoms with Gasteiger partial charge in [0.25, 0.3) is 11.4 Å². The third-order valence-corrected chi connectivity index (χ3v) is 6.26. The average molecular weight is 385 g/mol. The van der Waals surface area contributed by atoms with Crippen molar-refractivity contribution in [3.8, 4) is 5.88 Å². The molecule has 4 rings (SSSR count). The van der Waals surface area contributed by atoms with Crippen LogP contribution in [-0.2, 0) is 6.54 Å². The Hall–Kier alpha value is -2.28. The predicted molar refractivity (Wildman–Crippen MR) is 106 cm³/mol. The van der Waals surface area contributed by atoms with Gasteiger partial charge in [-0.1, -0.05) is 49.2 Å². The minimum absolute atomic E-state index is 0.117. The first-order valence-electron chi connectivity index (χ1n) is 9.43. The molecule has 1 aliphatic heterocycles. The molecule has 0 amide bonds. The molecule has 1 fully saturated rings. The Kier molecular flexibility index (Phi) is 5.20. The van der Waals surface area contributed by atoms with Crippen molar-refractivity contribution in [1.29, 1.82) is 0 Å². The molecule has 142 valence electrons. The number of hydrogen-bond donors (Lipinski definition) is 0. The summed E-state index contributed by atoms with van der Waals surface area (Å²) in [6, 6.07) is 9.08. The number of benzene rings is 1. The third kappa shape index (κ3) is 3.60. The number of rotatable bonds is 4. The van der Waals surface area contributed by atoms with E-state index < -0.39 is 5.97 Å². The SMILES string of the molecule is CN(c1c(OC(=O)c2ccccc2)nc2n(c1=O)CCS2)C1CCCCC1. The van der Waals surface area contributed by atoms with E-state index in [1.807, 2.05) is 18.0 Å². The summed E-state index contributed by atoms with van der Waals surface area (Å²) in [7, 11) is 1.92. The van der Waals surface area contributed by atoms with Gasteiger partial charge in [0.05, 0.1) is 5.56 Å². The summed E-state index contributed by atoms with van der Waals surface area (Å²) < 4.78 is 7.32. The second-order valence-electron chi connectivity index (χ2n) is 7.01. The van der Waals surface area contributed by atoms with Crippen LogP contribution in [0.15, 0.2) is 40.3 Å². The topological polar surface area (TPSA) is 64.4 Å². The van der Waals surface area contributed by atoms with Crippen LogP contribution in [0.2, 0.25) is 0 Å². The van der Waals surface area contributed by atoms with Crippen LogP contribution < -0.4 is 15.2 Å². The maximum Gasteiger partial charge on any atom is 0.344 e. The molecular weight excluding hydrogens is 362 g/mol. The van der Waals surface area contributed by atoms with Crippen molar-refractivity contribution in [2.24, 2.45) is 0 Å². The molecule has 2 aliphatic rings. The summed E-state index contributed by atoms with van der Waals surface area (Å²) in [4.78, 5) is 32.3. The van der Waals surface area contributed by atoms with Gasteiger partial charge in [0.15, 0.2) is 10.8 Å². The van der Waals surface area contributed by atoms with E-state index in [0.717, 1.165) is 31.4 Å².